The molecule has 0 saturated heterocycles. The summed E-state index contributed by atoms with van der Waals surface area (Å²) in [7, 11) is 0. The second-order valence-electron chi connectivity index (χ2n) is 5.49. The quantitative estimate of drug-likeness (QED) is 0.642. The molecule has 1 fully saturated rings. The van der Waals surface area contributed by atoms with E-state index < -0.39 is 10.7 Å². The highest BCUT2D eigenvalue weighted by Gasteiger charge is 2.31. The van der Waals surface area contributed by atoms with Crippen molar-refractivity contribution in [2.75, 3.05) is 18.5 Å². The maximum absolute atomic E-state index is 13.8. The summed E-state index contributed by atoms with van der Waals surface area (Å²) in [4.78, 5) is 9.93. The fourth-order valence-electron chi connectivity index (χ4n) is 2.74. The fourth-order valence-corrected chi connectivity index (χ4v) is 2.74. The van der Waals surface area contributed by atoms with E-state index in [1.165, 1.54) is 18.6 Å². The number of aliphatic hydroxyl groups excluding tert-OH is 1. The van der Waals surface area contributed by atoms with Crippen molar-refractivity contribution in [1.82, 2.24) is 0 Å². The molecule has 0 atom stereocenters. The molecule has 20 heavy (non-hydrogen) atoms. The van der Waals surface area contributed by atoms with E-state index >= 15 is 0 Å². The summed E-state index contributed by atoms with van der Waals surface area (Å²) in [6, 6.07) is 3.56. The van der Waals surface area contributed by atoms with Crippen LogP contribution in [-0.2, 0) is 0 Å². The highest BCUT2D eigenvalue weighted by molar-refractivity contribution is 5.50. The zero-order valence-electron chi connectivity index (χ0n) is 11.3. The van der Waals surface area contributed by atoms with E-state index in [0.29, 0.717) is 6.54 Å². The van der Waals surface area contributed by atoms with Crippen molar-refractivity contribution in [3.8, 4) is 0 Å². The predicted octanol–water partition coefficient (Wildman–Crippen LogP) is 3.09. The summed E-state index contributed by atoms with van der Waals surface area (Å²) in [5.74, 6) is -0.636. The van der Waals surface area contributed by atoms with Crippen molar-refractivity contribution in [1.29, 1.82) is 0 Å². The molecule has 0 radical (unpaired) electrons. The zero-order chi connectivity index (χ0) is 14.6. The molecule has 0 amide bonds. The third-order valence-corrected chi connectivity index (χ3v) is 4.07. The fraction of sp³-hybridized carbons (Fsp3) is 0.571. The van der Waals surface area contributed by atoms with Gasteiger partial charge in [-0.1, -0.05) is 19.3 Å². The van der Waals surface area contributed by atoms with E-state index in [-0.39, 0.29) is 23.4 Å². The Bertz CT molecular complexity index is 487. The van der Waals surface area contributed by atoms with Crippen LogP contribution >= 0.6 is 0 Å². The number of non-ortho nitro benzene ring substituents is 1. The summed E-state index contributed by atoms with van der Waals surface area (Å²) in [5.41, 5.74) is -0.219. The third kappa shape index (κ3) is 3.25. The van der Waals surface area contributed by atoms with Crippen molar-refractivity contribution >= 4 is 11.4 Å². The van der Waals surface area contributed by atoms with Crippen molar-refractivity contribution in [3.05, 3.63) is 34.1 Å². The first kappa shape index (κ1) is 14.7. The van der Waals surface area contributed by atoms with Gasteiger partial charge >= 0.3 is 0 Å². The van der Waals surface area contributed by atoms with Gasteiger partial charge in [0.05, 0.1) is 23.3 Å². The maximum atomic E-state index is 13.8. The van der Waals surface area contributed by atoms with Gasteiger partial charge in [-0.25, -0.2) is 4.39 Å². The van der Waals surface area contributed by atoms with Gasteiger partial charge in [-0.2, -0.15) is 0 Å². The Kier molecular flexibility index (Phi) is 4.54. The number of nitrogens with zero attached hydrogens (tertiary/aromatic N) is 1. The van der Waals surface area contributed by atoms with Crippen molar-refractivity contribution < 1.29 is 14.4 Å². The van der Waals surface area contributed by atoms with Gasteiger partial charge in [0.25, 0.3) is 5.69 Å². The number of halogens is 1. The SMILES string of the molecule is O=[N+]([O-])c1ccc(NCC2(CO)CCCCC2)c(F)c1. The lowest BCUT2D eigenvalue weighted by Gasteiger charge is -2.36. The minimum Gasteiger partial charge on any atom is -0.396 e. The molecule has 0 unspecified atom stereocenters. The molecule has 1 saturated carbocycles. The number of hydrogen-bond acceptors (Lipinski definition) is 4. The zero-order valence-corrected chi connectivity index (χ0v) is 11.3. The average molecular weight is 282 g/mol. The summed E-state index contributed by atoms with van der Waals surface area (Å²) in [6.07, 6.45) is 5.17. The Morgan fingerprint density at radius 2 is 2.05 bits per heavy atom. The van der Waals surface area contributed by atoms with Gasteiger partial charge in [-0.3, -0.25) is 10.1 Å². The van der Waals surface area contributed by atoms with Crippen molar-refractivity contribution in [2.45, 2.75) is 32.1 Å². The lowest BCUT2D eigenvalue weighted by Crippen LogP contribution is -2.35. The van der Waals surface area contributed by atoms with E-state index in [9.17, 15) is 19.6 Å². The first-order valence-electron chi connectivity index (χ1n) is 6.85. The smallest absolute Gasteiger partial charge is 0.272 e. The highest BCUT2D eigenvalue weighted by Crippen LogP contribution is 2.36. The van der Waals surface area contributed by atoms with Crippen LogP contribution in [0, 0.1) is 21.3 Å². The molecule has 2 N–H and O–H groups in total. The average Bonchev–Trinajstić information content (AvgIpc) is 2.47. The van der Waals surface area contributed by atoms with Crippen LogP contribution in [0.25, 0.3) is 0 Å². The summed E-state index contributed by atoms with van der Waals surface area (Å²) >= 11 is 0. The number of nitro groups is 1. The van der Waals surface area contributed by atoms with Gasteiger partial charge in [-0.05, 0) is 18.9 Å². The molecular formula is C14H19FN2O3. The molecule has 0 bridgehead atoms. The standard InChI is InChI=1S/C14H19FN2O3/c15-12-8-11(17(19)20)4-5-13(12)16-9-14(10-18)6-2-1-3-7-14/h4-5,8,16,18H,1-3,6-7,9-10H2. The number of nitro benzene ring substituents is 1. The summed E-state index contributed by atoms with van der Waals surface area (Å²) < 4.78 is 13.8. The van der Waals surface area contributed by atoms with E-state index in [0.717, 1.165) is 31.7 Å². The van der Waals surface area contributed by atoms with Crippen LogP contribution < -0.4 is 5.32 Å². The largest absolute Gasteiger partial charge is 0.396 e. The minimum absolute atomic E-state index is 0.0780. The molecule has 1 aromatic carbocycles. The van der Waals surface area contributed by atoms with Crippen molar-refractivity contribution in [2.24, 2.45) is 5.41 Å². The van der Waals surface area contributed by atoms with Gasteiger partial charge in [0.15, 0.2) is 5.82 Å². The highest BCUT2D eigenvalue weighted by atomic mass is 19.1. The molecule has 0 aromatic heterocycles. The molecule has 1 aliphatic rings. The number of benzene rings is 1. The second kappa shape index (κ2) is 6.17. The second-order valence-corrected chi connectivity index (χ2v) is 5.49. The number of anilines is 1. The van der Waals surface area contributed by atoms with Crippen LogP contribution in [0.5, 0.6) is 0 Å². The van der Waals surface area contributed by atoms with Gasteiger partial charge in [-0.15, -0.1) is 0 Å². The normalized spacial score (nSPS) is 17.7. The van der Waals surface area contributed by atoms with E-state index in [1.807, 2.05) is 0 Å². The van der Waals surface area contributed by atoms with Gasteiger partial charge < -0.3 is 10.4 Å². The van der Waals surface area contributed by atoms with Gasteiger partial charge in [0.2, 0.25) is 0 Å². The molecule has 0 heterocycles. The molecule has 2 rings (SSSR count). The Morgan fingerprint density at radius 3 is 2.60 bits per heavy atom. The van der Waals surface area contributed by atoms with E-state index in [1.54, 1.807) is 0 Å². The van der Waals surface area contributed by atoms with Crippen molar-refractivity contribution in [3.63, 3.8) is 0 Å². The van der Waals surface area contributed by atoms with Crippen LogP contribution in [0.2, 0.25) is 0 Å². The van der Waals surface area contributed by atoms with Crippen LogP contribution in [0.1, 0.15) is 32.1 Å². The monoisotopic (exact) mass is 282 g/mol. The molecule has 1 aliphatic carbocycles. The van der Waals surface area contributed by atoms with Crippen LogP contribution in [0.4, 0.5) is 15.8 Å². The lowest BCUT2D eigenvalue weighted by molar-refractivity contribution is -0.385. The molecule has 5 nitrogen and oxygen atoms in total. The summed E-state index contributed by atoms with van der Waals surface area (Å²) in [5, 5.41) is 23.1. The Balaban J connectivity index is 2.04. The van der Waals surface area contributed by atoms with E-state index in [4.69, 9.17) is 0 Å². The molecule has 0 aliphatic heterocycles. The number of rotatable bonds is 5. The Labute approximate surface area is 117 Å². The maximum Gasteiger partial charge on any atom is 0.272 e. The molecule has 0 spiro atoms. The van der Waals surface area contributed by atoms with Gasteiger partial charge in [0, 0.05) is 18.0 Å². The minimum atomic E-state index is -0.636. The van der Waals surface area contributed by atoms with Crippen LogP contribution in [-0.4, -0.2) is 23.2 Å². The predicted molar refractivity (Wildman–Crippen MR) is 74.1 cm³/mol. The molecular weight excluding hydrogens is 263 g/mol. The van der Waals surface area contributed by atoms with Crippen LogP contribution in [0.3, 0.4) is 0 Å². The first-order valence-corrected chi connectivity index (χ1v) is 6.85. The Morgan fingerprint density at radius 1 is 1.35 bits per heavy atom. The van der Waals surface area contributed by atoms with Gasteiger partial charge in [0.1, 0.15) is 0 Å². The van der Waals surface area contributed by atoms with Crippen LogP contribution in [0.15, 0.2) is 18.2 Å². The lowest BCUT2D eigenvalue weighted by atomic mass is 9.74. The number of nitrogens with one attached hydrogen (secondary N) is 1. The Hall–Kier alpha value is -1.69. The molecule has 110 valence electrons. The molecule has 1 aromatic rings. The third-order valence-electron chi connectivity index (χ3n) is 4.07. The first-order chi connectivity index (χ1) is 9.56. The summed E-state index contributed by atoms with van der Waals surface area (Å²) in [6.45, 7) is 0.562. The molecule has 6 heteroatoms. The number of hydrogen-bond donors (Lipinski definition) is 2. The topological polar surface area (TPSA) is 75.4 Å². The number of aliphatic hydroxyl groups is 1. The van der Waals surface area contributed by atoms with E-state index in [2.05, 4.69) is 5.32 Å².